The lowest BCUT2D eigenvalue weighted by molar-refractivity contribution is 0.0741. The van der Waals surface area contributed by atoms with Gasteiger partial charge in [-0.3, -0.25) is 9.48 Å². The van der Waals surface area contributed by atoms with E-state index in [9.17, 15) is 9.90 Å². The number of para-hydroxylation sites is 1. The molecule has 2 aromatic heterocycles. The van der Waals surface area contributed by atoms with Crippen LogP contribution in [0.4, 0.5) is 5.13 Å². The number of thiazole rings is 1. The van der Waals surface area contributed by atoms with Crippen LogP contribution in [0, 0.1) is 18.3 Å². The smallest absolute Gasteiger partial charge is 0.274 e. The number of aliphatic hydroxyl groups excluding tert-OH is 1. The number of carbonyl (C=O) groups excluding carboxylic acids is 1. The Morgan fingerprint density at radius 1 is 1.32 bits per heavy atom. The zero-order chi connectivity index (χ0) is 19.5. The van der Waals surface area contributed by atoms with E-state index < -0.39 is 0 Å². The van der Waals surface area contributed by atoms with Gasteiger partial charge in [0.1, 0.15) is 0 Å². The van der Waals surface area contributed by atoms with Crippen molar-refractivity contribution in [3.63, 3.8) is 0 Å². The van der Waals surface area contributed by atoms with Gasteiger partial charge in [0, 0.05) is 50.3 Å². The molecule has 28 heavy (non-hydrogen) atoms. The molecule has 4 heterocycles. The Kier molecular flexibility index (Phi) is 3.96. The largest absolute Gasteiger partial charge is 0.396 e. The molecule has 1 aromatic carbocycles. The second kappa shape index (κ2) is 6.28. The number of benzene rings is 1. The van der Waals surface area contributed by atoms with Crippen molar-refractivity contribution in [3.8, 4) is 0 Å². The number of hydrogen-bond acceptors (Lipinski definition) is 6. The number of rotatable bonds is 3. The van der Waals surface area contributed by atoms with E-state index >= 15 is 0 Å². The van der Waals surface area contributed by atoms with Crippen LogP contribution in [0.15, 0.2) is 30.3 Å². The average molecular weight is 398 g/mol. The lowest BCUT2D eigenvalue weighted by Gasteiger charge is -2.26. The molecule has 2 unspecified atom stereocenters. The summed E-state index contributed by atoms with van der Waals surface area (Å²) in [5.41, 5.74) is 2.16. The highest BCUT2D eigenvalue weighted by atomic mass is 32.1. The highest BCUT2D eigenvalue weighted by Gasteiger charge is 2.54. The van der Waals surface area contributed by atoms with Gasteiger partial charge in [-0.1, -0.05) is 23.5 Å². The fourth-order valence-corrected chi connectivity index (χ4v) is 5.50. The molecule has 2 aliphatic rings. The van der Waals surface area contributed by atoms with Gasteiger partial charge in [-0.05, 0) is 25.1 Å². The van der Waals surface area contributed by atoms with Crippen LogP contribution < -0.4 is 4.90 Å². The second-order valence-electron chi connectivity index (χ2n) is 8.04. The number of fused-ring (bicyclic) bond motifs is 2. The number of likely N-dealkylation sites (tertiary alicyclic amines) is 1. The SMILES string of the molecule is Cc1cc(C(=O)N2CC3CN(c4nc5ccccc5s4)CC3(CO)C2)nn1C. The number of carbonyl (C=O) groups is 1. The molecule has 5 rings (SSSR count). The van der Waals surface area contributed by atoms with Crippen molar-refractivity contribution in [2.75, 3.05) is 37.7 Å². The van der Waals surface area contributed by atoms with Crippen LogP contribution in [0.1, 0.15) is 16.2 Å². The van der Waals surface area contributed by atoms with E-state index in [4.69, 9.17) is 4.98 Å². The lowest BCUT2D eigenvalue weighted by Crippen LogP contribution is -2.39. The third-order valence-corrected chi connectivity index (χ3v) is 7.34. The van der Waals surface area contributed by atoms with Gasteiger partial charge in [0.15, 0.2) is 10.8 Å². The van der Waals surface area contributed by atoms with Crippen molar-refractivity contribution in [2.24, 2.45) is 18.4 Å². The van der Waals surface area contributed by atoms with E-state index in [1.54, 1.807) is 16.0 Å². The molecule has 0 radical (unpaired) electrons. The highest BCUT2D eigenvalue weighted by molar-refractivity contribution is 7.22. The van der Waals surface area contributed by atoms with Gasteiger partial charge in [0.25, 0.3) is 5.91 Å². The van der Waals surface area contributed by atoms with E-state index in [0.29, 0.717) is 18.8 Å². The topological polar surface area (TPSA) is 74.5 Å². The van der Waals surface area contributed by atoms with Gasteiger partial charge in [-0.15, -0.1) is 0 Å². The summed E-state index contributed by atoms with van der Waals surface area (Å²) in [7, 11) is 1.84. The molecule has 146 valence electrons. The monoisotopic (exact) mass is 397 g/mol. The zero-order valence-electron chi connectivity index (χ0n) is 16.0. The third-order valence-electron chi connectivity index (χ3n) is 6.25. The first kappa shape index (κ1) is 17.6. The summed E-state index contributed by atoms with van der Waals surface area (Å²) in [4.78, 5) is 21.8. The molecule has 0 bridgehead atoms. The van der Waals surface area contributed by atoms with E-state index in [2.05, 4.69) is 16.1 Å². The van der Waals surface area contributed by atoms with Crippen molar-refractivity contribution < 1.29 is 9.90 Å². The zero-order valence-corrected chi connectivity index (χ0v) is 16.8. The quantitative estimate of drug-likeness (QED) is 0.731. The maximum atomic E-state index is 12.9. The summed E-state index contributed by atoms with van der Waals surface area (Å²) in [5, 5.41) is 15.6. The molecule has 2 atom stereocenters. The molecule has 1 amide bonds. The Bertz CT molecular complexity index is 1010. The van der Waals surface area contributed by atoms with Crippen LogP contribution in [0.5, 0.6) is 0 Å². The molecule has 2 saturated heterocycles. The maximum Gasteiger partial charge on any atom is 0.274 e. The number of aryl methyl sites for hydroxylation is 2. The van der Waals surface area contributed by atoms with E-state index in [-0.39, 0.29) is 23.8 Å². The standard InChI is InChI=1S/C20H23N5O2S/c1-13-7-16(22-23(13)2)18(27)24-8-14-9-25(11-20(14,10-24)12-26)19-21-15-5-3-4-6-17(15)28-19/h3-7,14,26H,8-12H2,1-2H3. The van der Waals surface area contributed by atoms with E-state index in [1.165, 1.54) is 4.70 Å². The number of aromatic nitrogens is 3. The van der Waals surface area contributed by atoms with Crippen LogP contribution in [0.25, 0.3) is 10.2 Å². The van der Waals surface area contributed by atoms with Crippen molar-refractivity contribution in [3.05, 3.63) is 41.7 Å². The molecule has 2 fully saturated rings. The molecule has 0 saturated carbocycles. The highest BCUT2D eigenvalue weighted by Crippen LogP contribution is 2.45. The first-order chi connectivity index (χ1) is 13.5. The molecule has 3 aromatic rings. The fraction of sp³-hybridized carbons (Fsp3) is 0.450. The van der Waals surface area contributed by atoms with Crippen molar-refractivity contribution >= 4 is 32.6 Å². The summed E-state index contributed by atoms with van der Waals surface area (Å²) in [6, 6.07) is 9.98. The lowest BCUT2D eigenvalue weighted by atomic mass is 9.82. The number of anilines is 1. The summed E-state index contributed by atoms with van der Waals surface area (Å²) in [6.45, 7) is 4.75. The number of hydrogen-bond donors (Lipinski definition) is 1. The minimum Gasteiger partial charge on any atom is -0.396 e. The predicted molar refractivity (Wildman–Crippen MR) is 109 cm³/mol. The summed E-state index contributed by atoms with van der Waals surface area (Å²) < 4.78 is 2.90. The number of amides is 1. The Balaban J connectivity index is 1.36. The molecule has 0 spiro atoms. The van der Waals surface area contributed by atoms with Crippen LogP contribution in [-0.4, -0.2) is 63.5 Å². The second-order valence-corrected chi connectivity index (χ2v) is 9.05. The van der Waals surface area contributed by atoms with Crippen molar-refractivity contribution in [1.82, 2.24) is 19.7 Å². The normalized spacial score (nSPS) is 24.3. The Morgan fingerprint density at radius 3 is 2.82 bits per heavy atom. The summed E-state index contributed by atoms with van der Waals surface area (Å²) in [6.07, 6.45) is 0. The Hall–Kier alpha value is -2.45. The van der Waals surface area contributed by atoms with Crippen LogP contribution >= 0.6 is 11.3 Å². The first-order valence-corrected chi connectivity index (χ1v) is 10.3. The van der Waals surface area contributed by atoms with Crippen molar-refractivity contribution in [1.29, 1.82) is 0 Å². The van der Waals surface area contributed by atoms with E-state index in [1.807, 2.05) is 43.1 Å². The van der Waals surface area contributed by atoms with Crippen LogP contribution in [-0.2, 0) is 7.05 Å². The minimum absolute atomic E-state index is 0.0440. The van der Waals surface area contributed by atoms with Crippen LogP contribution in [0.3, 0.4) is 0 Å². The molecule has 8 heteroatoms. The Labute approximate surface area is 167 Å². The van der Waals surface area contributed by atoms with Gasteiger partial charge in [0.2, 0.25) is 0 Å². The predicted octanol–water partition coefficient (Wildman–Crippen LogP) is 1.91. The first-order valence-electron chi connectivity index (χ1n) is 9.50. The fourth-order valence-electron chi connectivity index (χ4n) is 4.53. The molecular formula is C20H23N5O2S. The average Bonchev–Trinajstić information content (AvgIpc) is 3.41. The molecular weight excluding hydrogens is 374 g/mol. The van der Waals surface area contributed by atoms with Crippen LogP contribution in [0.2, 0.25) is 0 Å². The molecule has 7 nitrogen and oxygen atoms in total. The third kappa shape index (κ3) is 2.62. The van der Waals surface area contributed by atoms with Gasteiger partial charge < -0.3 is 14.9 Å². The van der Waals surface area contributed by atoms with Gasteiger partial charge in [0.05, 0.1) is 16.8 Å². The molecule has 0 aliphatic carbocycles. The number of nitrogens with zero attached hydrogens (tertiary/aromatic N) is 5. The Morgan fingerprint density at radius 2 is 2.14 bits per heavy atom. The van der Waals surface area contributed by atoms with E-state index in [0.717, 1.165) is 29.4 Å². The van der Waals surface area contributed by atoms with Gasteiger partial charge in [-0.25, -0.2) is 4.98 Å². The minimum atomic E-state index is -0.294. The summed E-state index contributed by atoms with van der Waals surface area (Å²) in [5.74, 6) is 0.190. The number of aliphatic hydroxyl groups is 1. The maximum absolute atomic E-state index is 12.9. The summed E-state index contributed by atoms with van der Waals surface area (Å²) >= 11 is 1.69. The molecule has 2 aliphatic heterocycles. The van der Waals surface area contributed by atoms with Crippen molar-refractivity contribution in [2.45, 2.75) is 6.92 Å². The molecule has 1 N–H and O–H groups in total. The van der Waals surface area contributed by atoms with Gasteiger partial charge >= 0.3 is 0 Å². The van der Waals surface area contributed by atoms with Gasteiger partial charge in [-0.2, -0.15) is 5.10 Å².